The van der Waals surface area contributed by atoms with E-state index in [9.17, 15) is 14.3 Å². The van der Waals surface area contributed by atoms with Gasteiger partial charge in [-0.25, -0.2) is 4.39 Å². The molecule has 1 aliphatic rings. The van der Waals surface area contributed by atoms with Crippen LogP contribution in [0.15, 0.2) is 36.1 Å². The highest BCUT2D eigenvalue weighted by molar-refractivity contribution is 5.91. The van der Waals surface area contributed by atoms with Gasteiger partial charge >= 0.3 is 0 Å². The molecule has 0 aliphatic carbocycles. The summed E-state index contributed by atoms with van der Waals surface area (Å²) in [4.78, 5) is 12.3. The van der Waals surface area contributed by atoms with Gasteiger partial charge in [-0.2, -0.15) is 0 Å². The van der Waals surface area contributed by atoms with Crippen molar-refractivity contribution in [2.24, 2.45) is 5.92 Å². The molecule has 0 bridgehead atoms. The Bertz CT molecular complexity index is 665. The minimum absolute atomic E-state index is 0.0463. The van der Waals surface area contributed by atoms with Gasteiger partial charge in [-0.1, -0.05) is 18.1 Å². The van der Waals surface area contributed by atoms with E-state index in [1.165, 1.54) is 12.1 Å². The van der Waals surface area contributed by atoms with E-state index < -0.39 is 12.2 Å². The smallest absolute Gasteiger partial charge is 0.286 e. The van der Waals surface area contributed by atoms with Gasteiger partial charge < -0.3 is 19.9 Å². The van der Waals surface area contributed by atoms with Crippen molar-refractivity contribution in [2.45, 2.75) is 32.0 Å². The highest BCUT2D eigenvalue weighted by Gasteiger charge is 2.37. The maximum absolute atomic E-state index is 13.3. The number of ether oxygens (including phenoxy) is 2. The van der Waals surface area contributed by atoms with Crippen LogP contribution in [0.2, 0.25) is 0 Å². The fraction of sp³-hybridized carbons (Fsp3) is 0.450. The Labute approximate surface area is 153 Å². The number of halogens is 1. The second-order valence-electron chi connectivity index (χ2n) is 5.97. The lowest BCUT2D eigenvalue weighted by molar-refractivity contribution is -0.166. The summed E-state index contributed by atoms with van der Waals surface area (Å²) in [7, 11) is 0. The summed E-state index contributed by atoms with van der Waals surface area (Å²) in [5, 5.41) is 11.8. The van der Waals surface area contributed by atoms with E-state index in [-0.39, 0.29) is 36.6 Å². The van der Waals surface area contributed by atoms with Gasteiger partial charge in [0.05, 0.1) is 6.54 Å². The number of aliphatic hydroxyl groups is 1. The van der Waals surface area contributed by atoms with Crippen molar-refractivity contribution in [3.63, 3.8) is 0 Å². The van der Waals surface area contributed by atoms with Gasteiger partial charge in [0.2, 0.25) is 6.29 Å². The number of amides is 1. The van der Waals surface area contributed by atoms with E-state index >= 15 is 0 Å². The fourth-order valence-corrected chi connectivity index (χ4v) is 3.05. The third-order valence-electron chi connectivity index (χ3n) is 4.24. The van der Waals surface area contributed by atoms with E-state index in [0.717, 1.165) is 5.56 Å². The number of carbonyl (C=O) groups is 1. The maximum Gasteiger partial charge on any atom is 0.286 e. The first-order valence-electron chi connectivity index (χ1n) is 8.68. The molecular formula is C20H24FNO4. The second kappa shape index (κ2) is 9.95. The monoisotopic (exact) mass is 361 g/mol. The number of rotatable bonds is 8. The van der Waals surface area contributed by atoms with Gasteiger partial charge in [-0.3, -0.25) is 4.79 Å². The molecule has 3 atom stereocenters. The summed E-state index contributed by atoms with van der Waals surface area (Å²) in [6.45, 7) is 2.39. The van der Waals surface area contributed by atoms with Crippen molar-refractivity contribution in [1.82, 2.24) is 5.32 Å². The summed E-state index contributed by atoms with van der Waals surface area (Å²) in [6.07, 6.45) is 7.47. The lowest BCUT2D eigenvalue weighted by Gasteiger charge is -2.37. The maximum atomic E-state index is 13.3. The van der Waals surface area contributed by atoms with Crippen molar-refractivity contribution >= 4 is 5.91 Å². The molecule has 0 saturated carbocycles. The summed E-state index contributed by atoms with van der Waals surface area (Å²) >= 11 is 0. The van der Waals surface area contributed by atoms with Crippen LogP contribution in [0, 0.1) is 24.1 Å². The second-order valence-corrected chi connectivity index (χ2v) is 5.97. The third-order valence-corrected chi connectivity index (χ3v) is 4.24. The SMILES string of the molecule is C#CCNC(=O)C1=C[C@H](c2ccc(F)cc2)[C@H](CCCO)[C@H](OCC)O1. The number of hydrogen-bond acceptors (Lipinski definition) is 4. The molecule has 0 radical (unpaired) electrons. The number of hydrogen-bond donors (Lipinski definition) is 2. The molecule has 0 saturated heterocycles. The molecule has 0 spiro atoms. The minimum atomic E-state index is -0.641. The largest absolute Gasteiger partial charge is 0.459 e. The van der Waals surface area contributed by atoms with Crippen LogP contribution in [-0.2, 0) is 14.3 Å². The van der Waals surface area contributed by atoms with Crippen molar-refractivity contribution in [1.29, 1.82) is 0 Å². The van der Waals surface area contributed by atoms with E-state index in [1.807, 2.05) is 6.92 Å². The topological polar surface area (TPSA) is 67.8 Å². The fourth-order valence-electron chi connectivity index (χ4n) is 3.05. The minimum Gasteiger partial charge on any atom is -0.459 e. The van der Waals surface area contributed by atoms with Crippen LogP contribution in [0.3, 0.4) is 0 Å². The van der Waals surface area contributed by atoms with Gasteiger partial charge in [-0.05, 0) is 43.5 Å². The molecular weight excluding hydrogens is 337 g/mol. The Morgan fingerprint density at radius 1 is 1.42 bits per heavy atom. The molecule has 1 aliphatic heterocycles. The van der Waals surface area contributed by atoms with Gasteiger partial charge in [0.1, 0.15) is 5.82 Å². The Hall–Kier alpha value is -2.36. The summed E-state index contributed by atoms with van der Waals surface area (Å²) in [5.41, 5.74) is 0.851. The highest BCUT2D eigenvalue weighted by atomic mass is 19.1. The number of allylic oxidation sites excluding steroid dienone is 1. The molecule has 26 heavy (non-hydrogen) atoms. The van der Waals surface area contributed by atoms with Gasteiger partial charge in [0.25, 0.3) is 5.91 Å². The quantitative estimate of drug-likeness (QED) is 0.698. The summed E-state index contributed by atoms with van der Waals surface area (Å²) in [5.74, 6) is 1.41. The molecule has 0 aromatic heterocycles. The number of nitrogens with one attached hydrogen (secondary N) is 1. The molecule has 5 nitrogen and oxygen atoms in total. The first kappa shape index (κ1) is 20.0. The van der Waals surface area contributed by atoms with E-state index in [2.05, 4.69) is 11.2 Å². The zero-order valence-electron chi connectivity index (χ0n) is 14.8. The zero-order chi connectivity index (χ0) is 18.9. The molecule has 1 heterocycles. The molecule has 1 amide bonds. The van der Waals surface area contributed by atoms with Crippen LogP contribution in [-0.4, -0.2) is 37.1 Å². The van der Waals surface area contributed by atoms with Crippen LogP contribution < -0.4 is 5.32 Å². The third kappa shape index (κ3) is 5.07. The average molecular weight is 361 g/mol. The summed E-state index contributed by atoms with van der Waals surface area (Å²) < 4.78 is 24.8. The van der Waals surface area contributed by atoms with Crippen LogP contribution in [0.25, 0.3) is 0 Å². The molecule has 1 aromatic rings. The van der Waals surface area contributed by atoms with Crippen molar-refractivity contribution < 1.29 is 23.8 Å². The first-order valence-corrected chi connectivity index (χ1v) is 8.68. The number of carbonyl (C=O) groups excluding carboxylic acids is 1. The molecule has 2 rings (SSSR count). The van der Waals surface area contributed by atoms with Crippen molar-refractivity contribution in [2.75, 3.05) is 19.8 Å². The van der Waals surface area contributed by atoms with Crippen LogP contribution in [0.4, 0.5) is 4.39 Å². The highest BCUT2D eigenvalue weighted by Crippen LogP contribution is 2.39. The lowest BCUT2D eigenvalue weighted by atomic mass is 9.80. The average Bonchev–Trinajstić information content (AvgIpc) is 2.65. The van der Waals surface area contributed by atoms with Crippen LogP contribution in [0.5, 0.6) is 0 Å². The van der Waals surface area contributed by atoms with Crippen molar-refractivity contribution in [3.8, 4) is 12.3 Å². The molecule has 0 fully saturated rings. The van der Waals surface area contributed by atoms with Crippen LogP contribution >= 0.6 is 0 Å². The number of benzene rings is 1. The first-order chi connectivity index (χ1) is 12.6. The van der Waals surface area contributed by atoms with Crippen LogP contribution in [0.1, 0.15) is 31.2 Å². The van der Waals surface area contributed by atoms with Crippen molar-refractivity contribution in [3.05, 3.63) is 47.5 Å². The van der Waals surface area contributed by atoms with E-state index in [1.54, 1.807) is 18.2 Å². The standard InChI is InChI=1S/C20H24FNO4/c1-3-11-22-19(24)18-13-17(14-7-9-15(21)10-8-14)16(6-5-12-23)20(26-18)25-4-2/h1,7-10,13,16-17,20,23H,4-6,11-12H2,2H3,(H,22,24)/t16-,17+,20+/m0/s1. The van der Waals surface area contributed by atoms with E-state index in [4.69, 9.17) is 15.9 Å². The Morgan fingerprint density at radius 2 is 2.15 bits per heavy atom. The number of terminal acetylenes is 1. The van der Waals surface area contributed by atoms with E-state index in [0.29, 0.717) is 19.4 Å². The molecule has 1 aromatic carbocycles. The molecule has 140 valence electrons. The zero-order valence-corrected chi connectivity index (χ0v) is 14.8. The Morgan fingerprint density at radius 3 is 2.77 bits per heavy atom. The molecule has 2 N–H and O–H groups in total. The predicted octanol–water partition coefficient (Wildman–Crippen LogP) is 2.32. The Kier molecular flexibility index (Phi) is 7.64. The normalized spacial score (nSPS) is 22.1. The van der Waals surface area contributed by atoms with Gasteiger partial charge in [0, 0.05) is 25.0 Å². The Balaban J connectivity index is 2.37. The summed E-state index contributed by atoms with van der Waals surface area (Å²) in [6, 6.07) is 6.15. The predicted molar refractivity (Wildman–Crippen MR) is 95.4 cm³/mol. The lowest BCUT2D eigenvalue weighted by Crippen LogP contribution is -2.39. The molecule has 6 heteroatoms. The molecule has 0 unspecified atom stereocenters. The van der Waals surface area contributed by atoms with Gasteiger partial charge in [0.15, 0.2) is 5.76 Å². The van der Waals surface area contributed by atoms with Gasteiger partial charge in [-0.15, -0.1) is 6.42 Å². The number of aliphatic hydroxyl groups excluding tert-OH is 1.